The summed E-state index contributed by atoms with van der Waals surface area (Å²) in [4.78, 5) is 11.8. The van der Waals surface area contributed by atoms with E-state index in [1.165, 1.54) is 44.1 Å². The summed E-state index contributed by atoms with van der Waals surface area (Å²) in [6.45, 7) is 1.65. The summed E-state index contributed by atoms with van der Waals surface area (Å²) in [5, 5.41) is 0. The van der Waals surface area contributed by atoms with Crippen molar-refractivity contribution in [3.63, 3.8) is 0 Å². The minimum absolute atomic E-state index is 0.164. The van der Waals surface area contributed by atoms with Crippen LogP contribution in [-0.2, 0) is 0 Å². The molecule has 0 bridgehead atoms. The smallest absolute Gasteiger partial charge is 0.160 e. The van der Waals surface area contributed by atoms with E-state index in [1.54, 1.807) is 14.0 Å². The van der Waals surface area contributed by atoms with Crippen molar-refractivity contribution in [3.05, 3.63) is 29.3 Å². The van der Waals surface area contributed by atoms with Crippen molar-refractivity contribution in [2.75, 3.05) is 7.11 Å². The Labute approximate surface area is 109 Å². The van der Waals surface area contributed by atoms with Gasteiger partial charge in [-0.1, -0.05) is 25.7 Å². The molecule has 1 fully saturated rings. The molecule has 1 aliphatic rings. The van der Waals surface area contributed by atoms with E-state index in [4.69, 9.17) is 4.74 Å². The topological polar surface area (TPSA) is 26.3 Å². The van der Waals surface area contributed by atoms with E-state index in [2.05, 4.69) is 6.07 Å². The Hall–Kier alpha value is -1.31. The van der Waals surface area contributed by atoms with Crippen LogP contribution >= 0.6 is 0 Å². The minimum Gasteiger partial charge on any atom is -0.497 e. The lowest BCUT2D eigenvalue weighted by Gasteiger charge is -2.18. The normalized spacial score (nSPS) is 17.2. The van der Waals surface area contributed by atoms with Crippen LogP contribution in [0.3, 0.4) is 0 Å². The summed E-state index contributed by atoms with van der Waals surface area (Å²) in [7, 11) is 1.68. The molecule has 0 atom stereocenters. The van der Waals surface area contributed by atoms with Crippen LogP contribution in [-0.4, -0.2) is 12.9 Å². The van der Waals surface area contributed by atoms with Crippen LogP contribution in [0.5, 0.6) is 5.75 Å². The number of benzene rings is 1. The number of carbonyl (C=O) groups excluding carboxylic acids is 1. The molecule has 0 spiro atoms. The van der Waals surface area contributed by atoms with Gasteiger partial charge in [0.05, 0.1) is 7.11 Å². The van der Waals surface area contributed by atoms with Gasteiger partial charge in [-0.2, -0.15) is 0 Å². The van der Waals surface area contributed by atoms with Gasteiger partial charge < -0.3 is 4.74 Å². The lowest BCUT2D eigenvalue weighted by atomic mass is 9.87. The number of methoxy groups -OCH3 is 1. The highest BCUT2D eigenvalue weighted by Gasteiger charge is 2.19. The van der Waals surface area contributed by atoms with Gasteiger partial charge in [0, 0.05) is 5.56 Å². The SMILES string of the molecule is COc1ccc(C(C)=O)c(C2CCCCCC2)c1. The quantitative estimate of drug-likeness (QED) is 0.586. The first-order valence-electron chi connectivity index (χ1n) is 6.91. The molecule has 0 N–H and O–H groups in total. The van der Waals surface area contributed by atoms with Gasteiger partial charge in [-0.05, 0) is 49.4 Å². The average Bonchev–Trinajstić information content (AvgIpc) is 2.66. The van der Waals surface area contributed by atoms with Crippen molar-refractivity contribution in [1.82, 2.24) is 0 Å². The first-order valence-corrected chi connectivity index (χ1v) is 6.91. The monoisotopic (exact) mass is 246 g/mol. The Kier molecular flexibility index (Phi) is 4.40. The first-order chi connectivity index (χ1) is 8.72. The Morgan fingerprint density at radius 3 is 2.39 bits per heavy atom. The van der Waals surface area contributed by atoms with Crippen molar-refractivity contribution in [1.29, 1.82) is 0 Å². The summed E-state index contributed by atoms with van der Waals surface area (Å²) in [5.74, 6) is 1.55. The maximum absolute atomic E-state index is 11.8. The molecular weight excluding hydrogens is 224 g/mol. The Morgan fingerprint density at radius 1 is 1.17 bits per heavy atom. The van der Waals surface area contributed by atoms with E-state index < -0.39 is 0 Å². The molecule has 1 saturated carbocycles. The van der Waals surface area contributed by atoms with E-state index in [9.17, 15) is 4.79 Å². The summed E-state index contributed by atoms with van der Waals surface area (Å²) in [5.41, 5.74) is 2.08. The van der Waals surface area contributed by atoms with Crippen LogP contribution < -0.4 is 4.74 Å². The van der Waals surface area contributed by atoms with Crippen molar-refractivity contribution < 1.29 is 9.53 Å². The number of hydrogen-bond acceptors (Lipinski definition) is 2. The average molecular weight is 246 g/mol. The van der Waals surface area contributed by atoms with E-state index in [-0.39, 0.29) is 5.78 Å². The van der Waals surface area contributed by atoms with Crippen LogP contribution in [0, 0.1) is 0 Å². The third-order valence-electron chi connectivity index (χ3n) is 3.93. The summed E-state index contributed by atoms with van der Waals surface area (Å²) < 4.78 is 5.30. The highest BCUT2D eigenvalue weighted by molar-refractivity contribution is 5.96. The fraction of sp³-hybridized carbons (Fsp3) is 0.562. The molecular formula is C16H22O2. The highest BCUT2D eigenvalue weighted by atomic mass is 16.5. The van der Waals surface area contributed by atoms with Crippen molar-refractivity contribution in [3.8, 4) is 5.75 Å². The molecule has 0 aliphatic heterocycles. The largest absolute Gasteiger partial charge is 0.497 e. The number of hydrogen-bond donors (Lipinski definition) is 0. The van der Waals surface area contributed by atoms with E-state index in [0.29, 0.717) is 5.92 Å². The number of carbonyl (C=O) groups is 1. The molecule has 0 radical (unpaired) electrons. The predicted octanol–water partition coefficient (Wildman–Crippen LogP) is 4.34. The van der Waals surface area contributed by atoms with E-state index in [0.717, 1.165) is 11.3 Å². The molecule has 2 rings (SSSR count). The Morgan fingerprint density at radius 2 is 1.83 bits per heavy atom. The molecule has 0 heterocycles. The van der Waals surface area contributed by atoms with Gasteiger partial charge in [-0.3, -0.25) is 4.79 Å². The standard InChI is InChI=1S/C16H22O2/c1-12(17)15-10-9-14(18-2)11-16(15)13-7-5-3-4-6-8-13/h9-11,13H,3-8H2,1-2H3. The lowest BCUT2D eigenvalue weighted by molar-refractivity contribution is 0.101. The van der Waals surface area contributed by atoms with E-state index >= 15 is 0 Å². The number of rotatable bonds is 3. The van der Waals surface area contributed by atoms with E-state index in [1.807, 2.05) is 12.1 Å². The molecule has 0 amide bonds. The zero-order valence-electron chi connectivity index (χ0n) is 11.4. The minimum atomic E-state index is 0.164. The summed E-state index contributed by atoms with van der Waals surface area (Å²) in [6.07, 6.45) is 7.62. The zero-order valence-corrected chi connectivity index (χ0v) is 11.4. The van der Waals surface area contributed by atoms with Gasteiger partial charge in [-0.15, -0.1) is 0 Å². The van der Waals surface area contributed by atoms with Crippen LogP contribution in [0.15, 0.2) is 18.2 Å². The van der Waals surface area contributed by atoms with Crippen molar-refractivity contribution >= 4 is 5.78 Å². The highest BCUT2D eigenvalue weighted by Crippen LogP contribution is 2.35. The van der Waals surface area contributed by atoms with Crippen molar-refractivity contribution in [2.24, 2.45) is 0 Å². The molecule has 2 heteroatoms. The maximum Gasteiger partial charge on any atom is 0.160 e. The predicted molar refractivity (Wildman–Crippen MR) is 73.4 cm³/mol. The molecule has 0 saturated heterocycles. The van der Waals surface area contributed by atoms with Gasteiger partial charge in [0.15, 0.2) is 5.78 Å². The van der Waals surface area contributed by atoms with Crippen LogP contribution in [0.25, 0.3) is 0 Å². The maximum atomic E-state index is 11.8. The first kappa shape index (κ1) is 13.1. The summed E-state index contributed by atoms with van der Waals surface area (Å²) >= 11 is 0. The third kappa shape index (κ3) is 2.92. The lowest BCUT2D eigenvalue weighted by Crippen LogP contribution is -2.06. The molecule has 1 aliphatic carbocycles. The van der Waals surface area contributed by atoms with Gasteiger partial charge >= 0.3 is 0 Å². The van der Waals surface area contributed by atoms with Crippen LogP contribution in [0.1, 0.15) is 67.3 Å². The van der Waals surface area contributed by atoms with Gasteiger partial charge in [0.1, 0.15) is 5.75 Å². The second-order valence-electron chi connectivity index (χ2n) is 5.20. The molecule has 18 heavy (non-hydrogen) atoms. The number of ether oxygens (including phenoxy) is 1. The van der Waals surface area contributed by atoms with Gasteiger partial charge in [0.2, 0.25) is 0 Å². The summed E-state index contributed by atoms with van der Waals surface area (Å²) in [6, 6.07) is 5.87. The third-order valence-corrected chi connectivity index (χ3v) is 3.93. The fourth-order valence-electron chi connectivity index (χ4n) is 2.92. The second-order valence-corrected chi connectivity index (χ2v) is 5.20. The number of Topliss-reactive ketones (excluding diaryl/α,β-unsaturated/α-hetero) is 1. The van der Waals surface area contributed by atoms with Crippen LogP contribution in [0.2, 0.25) is 0 Å². The second kappa shape index (κ2) is 6.03. The Bertz CT molecular complexity index is 415. The molecule has 0 aromatic heterocycles. The molecule has 2 nitrogen and oxygen atoms in total. The molecule has 1 aromatic rings. The van der Waals surface area contributed by atoms with Gasteiger partial charge in [-0.25, -0.2) is 0 Å². The molecule has 1 aromatic carbocycles. The number of ketones is 1. The molecule has 98 valence electrons. The Balaban J connectivity index is 2.35. The van der Waals surface area contributed by atoms with Crippen LogP contribution in [0.4, 0.5) is 0 Å². The fourth-order valence-corrected chi connectivity index (χ4v) is 2.92. The molecule has 0 unspecified atom stereocenters. The van der Waals surface area contributed by atoms with Crippen molar-refractivity contribution in [2.45, 2.75) is 51.4 Å². The van der Waals surface area contributed by atoms with Gasteiger partial charge in [0.25, 0.3) is 0 Å². The zero-order chi connectivity index (χ0) is 13.0.